The molecule has 0 atom stereocenters. The van der Waals surface area contributed by atoms with Crippen molar-refractivity contribution in [3.63, 3.8) is 0 Å². The molecule has 0 aromatic heterocycles. The quantitative estimate of drug-likeness (QED) is 0.344. The van der Waals surface area contributed by atoms with Crippen molar-refractivity contribution in [1.82, 2.24) is 0 Å². The number of methoxy groups -OCH3 is 1. The minimum atomic E-state index is -1.55. The third-order valence-electron chi connectivity index (χ3n) is 3.58. The maximum atomic E-state index is 13.9. The van der Waals surface area contributed by atoms with Crippen molar-refractivity contribution in [1.29, 1.82) is 0 Å². The SMILES string of the molecule is COc1ccc(C#Cc2ccc3c(F)c(F)c(F)cc3c2)c(F)c1F. The van der Waals surface area contributed by atoms with Crippen LogP contribution in [0.15, 0.2) is 36.4 Å². The van der Waals surface area contributed by atoms with E-state index in [-0.39, 0.29) is 22.1 Å². The van der Waals surface area contributed by atoms with E-state index in [9.17, 15) is 22.0 Å². The maximum absolute atomic E-state index is 13.9. The van der Waals surface area contributed by atoms with Gasteiger partial charge in [0.1, 0.15) is 0 Å². The summed E-state index contributed by atoms with van der Waals surface area (Å²) in [6, 6.07) is 7.25. The van der Waals surface area contributed by atoms with Gasteiger partial charge in [0.25, 0.3) is 0 Å². The van der Waals surface area contributed by atoms with E-state index in [0.29, 0.717) is 5.56 Å². The minimum Gasteiger partial charge on any atom is -0.494 e. The van der Waals surface area contributed by atoms with Gasteiger partial charge in [0.2, 0.25) is 5.82 Å². The fraction of sp³-hybridized carbons (Fsp3) is 0.0526. The van der Waals surface area contributed by atoms with Gasteiger partial charge in [-0.25, -0.2) is 17.6 Å². The maximum Gasteiger partial charge on any atom is 0.201 e. The van der Waals surface area contributed by atoms with Crippen LogP contribution >= 0.6 is 0 Å². The van der Waals surface area contributed by atoms with Gasteiger partial charge in [0.15, 0.2) is 29.0 Å². The lowest BCUT2D eigenvalue weighted by molar-refractivity contribution is 0.371. The van der Waals surface area contributed by atoms with Gasteiger partial charge in [0.05, 0.1) is 12.7 Å². The fourth-order valence-corrected chi connectivity index (χ4v) is 2.31. The molecule has 3 aromatic rings. The molecule has 0 aliphatic rings. The van der Waals surface area contributed by atoms with Crippen molar-refractivity contribution in [3.8, 4) is 17.6 Å². The largest absolute Gasteiger partial charge is 0.494 e. The van der Waals surface area contributed by atoms with E-state index in [1.165, 1.54) is 37.4 Å². The second-order valence-electron chi connectivity index (χ2n) is 5.12. The van der Waals surface area contributed by atoms with Crippen LogP contribution < -0.4 is 4.74 Å². The summed E-state index contributed by atoms with van der Waals surface area (Å²) in [6.45, 7) is 0. The summed E-state index contributed by atoms with van der Waals surface area (Å²) in [5.41, 5.74) is 0.100. The third-order valence-corrected chi connectivity index (χ3v) is 3.58. The topological polar surface area (TPSA) is 9.23 Å². The zero-order valence-electron chi connectivity index (χ0n) is 12.8. The van der Waals surface area contributed by atoms with Crippen LogP contribution in [0, 0.1) is 40.9 Å². The molecule has 3 rings (SSSR count). The summed E-state index contributed by atoms with van der Waals surface area (Å²) in [4.78, 5) is 0. The second-order valence-corrected chi connectivity index (χ2v) is 5.12. The molecule has 0 fully saturated rings. The normalized spacial score (nSPS) is 10.5. The average Bonchev–Trinajstić information content (AvgIpc) is 2.61. The first-order chi connectivity index (χ1) is 11.9. The van der Waals surface area contributed by atoms with Gasteiger partial charge in [-0.2, -0.15) is 4.39 Å². The number of hydrogen-bond donors (Lipinski definition) is 0. The highest BCUT2D eigenvalue weighted by atomic mass is 19.2. The number of rotatable bonds is 1. The molecule has 126 valence electrons. The zero-order chi connectivity index (χ0) is 18.1. The second kappa shape index (κ2) is 6.44. The Hall–Kier alpha value is -3.07. The van der Waals surface area contributed by atoms with Crippen molar-refractivity contribution in [2.75, 3.05) is 7.11 Å². The number of halogens is 5. The van der Waals surface area contributed by atoms with Crippen molar-refractivity contribution in [2.24, 2.45) is 0 Å². The van der Waals surface area contributed by atoms with Crippen molar-refractivity contribution in [2.45, 2.75) is 0 Å². The van der Waals surface area contributed by atoms with Crippen LogP contribution in [-0.4, -0.2) is 7.11 Å². The molecule has 0 heterocycles. The first-order valence-corrected chi connectivity index (χ1v) is 7.03. The van der Waals surface area contributed by atoms with Crippen LogP contribution in [0.3, 0.4) is 0 Å². The van der Waals surface area contributed by atoms with Crippen LogP contribution in [0.5, 0.6) is 5.75 Å². The van der Waals surface area contributed by atoms with E-state index in [2.05, 4.69) is 16.6 Å². The highest BCUT2D eigenvalue weighted by Gasteiger charge is 2.14. The zero-order valence-corrected chi connectivity index (χ0v) is 12.8. The van der Waals surface area contributed by atoms with Gasteiger partial charge < -0.3 is 4.74 Å². The molecule has 6 heteroatoms. The lowest BCUT2D eigenvalue weighted by atomic mass is 10.1. The fourth-order valence-electron chi connectivity index (χ4n) is 2.31. The molecule has 3 aromatic carbocycles. The van der Waals surface area contributed by atoms with E-state index in [4.69, 9.17) is 0 Å². The van der Waals surface area contributed by atoms with Crippen LogP contribution in [0.1, 0.15) is 11.1 Å². The lowest BCUT2D eigenvalue weighted by Gasteiger charge is -2.04. The minimum absolute atomic E-state index is 0.101. The monoisotopic (exact) mass is 348 g/mol. The van der Waals surface area contributed by atoms with Crippen LogP contribution in [-0.2, 0) is 0 Å². The van der Waals surface area contributed by atoms with Gasteiger partial charge >= 0.3 is 0 Å². The molecule has 0 N–H and O–H groups in total. The number of benzene rings is 3. The summed E-state index contributed by atoms with van der Waals surface area (Å²) in [5.74, 6) is -1.72. The van der Waals surface area contributed by atoms with Crippen molar-refractivity contribution >= 4 is 10.8 Å². The van der Waals surface area contributed by atoms with Gasteiger partial charge in [0, 0.05) is 10.9 Å². The predicted octanol–water partition coefficient (Wildman–Crippen LogP) is 4.94. The molecule has 0 unspecified atom stereocenters. The molecule has 0 spiro atoms. The van der Waals surface area contributed by atoms with Gasteiger partial charge in [-0.1, -0.05) is 17.9 Å². The summed E-state index contributed by atoms with van der Waals surface area (Å²) >= 11 is 0. The van der Waals surface area contributed by atoms with E-state index < -0.39 is 29.1 Å². The van der Waals surface area contributed by atoms with Crippen LogP contribution in [0.4, 0.5) is 22.0 Å². The molecule has 0 saturated heterocycles. The molecule has 0 radical (unpaired) electrons. The third kappa shape index (κ3) is 3.01. The summed E-state index contributed by atoms with van der Waals surface area (Å²) in [5, 5.41) is -0.00398. The molecule has 0 aliphatic heterocycles. The van der Waals surface area contributed by atoms with Crippen molar-refractivity contribution < 1.29 is 26.7 Å². The Kier molecular flexibility index (Phi) is 4.32. The van der Waals surface area contributed by atoms with E-state index >= 15 is 0 Å². The molecule has 0 amide bonds. The predicted molar refractivity (Wildman–Crippen MR) is 82.7 cm³/mol. The van der Waals surface area contributed by atoms with Crippen LogP contribution in [0.2, 0.25) is 0 Å². The number of ether oxygens (including phenoxy) is 1. The lowest BCUT2D eigenvalue weighted by Crippen LogP contribution is -1.95. The Morgan fingerprint density at radius 2 is 1.52 bits per heavy atom. The summed E-state index contributed by atoms with van der Waals surface area (Å²) in [6.07, 6.45) is 0. The standard InChI is InChI=1S/C19H9F5O/c1-25-15-7-5-11(16(21)19(15)24)4-2-10-3-6-13-12(8-10)9-14(20)18(23)17(13)22/h3,5-9H,1H3. The Bertz CT molecular complexity index is 1050. The molecule has 0 saturated carbocycles. The van der Waals surface area contributed by atoms with E-state index in [1.54, 1.807) is 0 Å². The number of fused-ring (bicyclic) bond motifs is 1. The first-order valence-electron chi connectivity index (χ1n) is 7.03. The van der Waals surface area contributed by atoms with Gasteiger partial charge in [-0.15, -0.1) is 0 Å². The summed E-state index contributed by atoms with van der Waals surface area (Å²) in [7, 11) is 1.21. The van der Waals surface area contributed by atoms with E-state index in [1.807, 2.05) is 0 Å². The summed E-state index contributed by atoms with van der Waals surface area (Å²) < 4.78 is 72.3. The highest BCUT2D eigenvalue weighted by molar-refractivity contribution is 5.84. The molecular weight excluding hydrogens is 339 g/mol. The van der Waals surface area contributed by atoms with Crippen molar-refractivity contribution in [3.05, 3.63) is 76.6 Å². The Labute approximate surface area is 139 Å². The molecular formula is C19H9F5O. The van der Waals surface area contributed by atoms with Crippen LogP contribution in [0.25, 0.3) is 10.8 Å². The number of hydrogen-bond acceptors (Lipinski definition) is 1. The Balaban J connectivity index is 2.04. The Morgan fingerprint density at radius 1 is 0.760 bits per heavy atom. The smallest absolute Gasteiger partial charge is 0.201 e. The molecule has 1 nitrogen and oxygen atoms in total. The highest BCUT2D eigenvalue weighted by Crippen LogP contribution is 2.24. The van der Waals surface area contributed by atoms with E-state index in [0.717, 1.165) is 6.07 Å². The first kappa shape index (κ1) is 16.8. The molecule has 0 aliphatic carbocycles. The van der Waals surface area contributed by atoms with Gasteiger partial charge in [-0.3, -0.25) is 0 Å². The molecule has 0 bridgehead atoms. The van der Waals surface area contributed by atoms with Gasteiger partial charge in [-0.05, 0) is 35.7 Å². The molecule has 25 heavy (non-hydrogen) atoms. The Morgan fingerprint density at radius 3 is 2.24 bits per heavy atom. The average molecular weight is 348 g/mol.